The van der Waals surface area contributed by atoms with Crippen LogP contribution in [0.4, 0.5) is 0 Å². The highest BCUT2D eigenvalue weighted by atomic mass is 16.9. The number of unbranched alkanes of at least 4 members (excludes halogenated alkanes) is 2. The summed E-state index contributed by atoms with van der Waals surface area (Å²) >= 11 is 0. The first-order valence-electron chi connectivity index (χ1n) is 4.45. The molecular weight excluding hydrogens is 186 g/mol. The summed E-state index contributed by atoms with van der Waals surface area (Å²) in [4.78, 5) is 12.3. The highest BCUT2D eigenvalue weighted by Gasteiger charge is 1.87. The molecule has 0 amide bonds. The van der Waals surface area contributed by atoms with Gasteiger partial charge in [0, 0.05) is 18.9 Å². The molecule has 0 aliphatic carbocycles. The molecule has 0 aliphatic rings. The van der Waals surface area contributed by atoms with E-state index in [4.69, 9.17) is 15.3 Å². The zero-order valence-corrected chi connectivity index (χ0v) is 8.17. The average Bonchev–Trinajstić information content (AvgIpc) is 2.56. The molecular formula is C8H15N3O3. The van der Waals surface area contributed by atoms with E-state index >= 15 is 0 Å². The molecule has 0 saturated heterocycles. The first-order chi connectivity index (χ1) is 6.66. The molecule has 0 spiro atoms. The average molecular weight is 201 g/mol. The third-order valence-electron chi connectivity index (χ3n) is 1.58. The van der Waals surface area contributed by atoms with Crippen molar-refractivity contribution in [3.8, 4) is 0 Å². The first kappa shape index (κ1) is 12.4. The Balaban J connectivity index is 0.000000364. The third-order valence-corrected chi connectivity index (χ3v) is 1.58. The third kappa shape index (κ3) is 8.51. The maximum absolute atomic E-state index is 8.36. The summed E-state index contributed by atoms with van der Waals surface area (Å²) in [6.07, 6.45) is 9.58. The Morgan fingerprint density at radius 3 is 2.64 bits per heavy atom. The fraction of sp³-hybridized carbons (Fsp3) is 0.625. The summed E-state index contributed by atoms with van der Waals surface area (Å²) in [5.41, 5.74) is 0. The highest BCUT2D eigenvalue weighted by molar-refractivity contribution is 4.73. The Hall–Kier alpha value is -1.59. The number of aryl methyl sites for hydroxylation is 1. The minimum atomic E-state index is -1.50. The molecule has 6 nitrogen and oxygen atoms in total. The fourth-order valence-corrected chi connectivity index (χ4v) is 0.963. The number of imidazole rings is 1. The quantitative estimate of drug-likeness (QED) is 0.457. The standard InChI is InChI=1S/C8H14N2.HNO3/c1-2-3-4-6-10-7-5-9-8-10;2-1(3)4/h5,7-8H,2-4,6H2,1H3;(H,2,3,4). The number of hydrogen-bond acceptors (Lipinski definition) is 3. The van der Waals surface area contributed by atoms with Crippen LogP contribution in [0.15, 0.2) is 18.7 Å². The lowest BCUT2D eigenvalue weighted by atomic mass is 10.2. The Labute approximate surface area is 82.3 Å². The molecule has 0 bridgehead atoms. The van der Waals surface area contributed by atoms with Crippen LogP contribution in [0.5, 0.6) is 0 Å². The summed E-state index contributed by atoms with van der Waals surface area (Å²) in [6, 6.07) is 0. The van der Waals surface area contributed by atoms with Gasteiger partial charge in [0.25, 0.3) is 5.09 Å². The summed E-state index contributed by atoms with van der Waals surface area (Å²) < 4.78 is 2.12. The lowest BCUT2D eigenvalue weighted by molar-refractivity contribution is -0.742. The van der Waals surface area contributed by atoms with E-state index in [0.29, 0.717) is 0 Å². The molecule has 0 saturated carbocycles. The largest absolute Gasteiger partial charge is 0.337 e. The van der Waals surface area contributed by atoms with Crippen LogP contribution >= 0.6 is 0 Å². The Bertz CT molecular complexity index is 232. The van der Waals surface area contributed by atoms with Crippen LogP contribution in [0.25, 0.3) is 0 Å². The minimum absolute atomic E-state index is 1.12. The van der Waals surface area contributed by atoms with Gasteiger partial charge in [0.1, 0.15) is 0 Å². The smallest absolute Gasteiger partial charge is 0.291 e. The number of nitrogens with zero attached hydrogens (tertiary/aromatic N) is 3. The van der Waals surface area contributed by atoms with E-state index in [1.165, 1.54) is 19.3 Å². The van der Waals surface area contributed by atoms with Crippen LogP contribution < -0.4 is 0 Å². The predicted octanol–water partition coefficient (Wildman–Crippen LogP) is 1.73. The SMILES string of the molecule is CCCCCn1ccnc1.O=[N+]([O-])O. The zero-order chi connectivity index (χ0) is 10.8. The van der Waals surface area contributed by atoms with Gasteiger partial charge < -0.3 is 9.77 Å². The van der Waals surface area contributed by atoms with E-state index in [-0.39, 0.29) is 0 Å². The molecule has 6 heteroatoms. The molecule has 0 unspecified atom stereocenters. The van der Waals surface area contributed by atoms with E-state index in [1.807, 2.05) is 18.7 Å². The van der Waals surface area contributed by atoms with Gasteiger partial charge in [-0.2, -0.15) is 0 Å². The van der Waals surface area contributed by atoms with Gasteiger partial charge in [0.15, 0.2) is 0 Å². The van der Waals surface area contributed by atoms with Gasteiger partial charge in [0.05, 0.1) is 6.33 Å². The van der Waals surface area contributed by atoms with Gasteiger partial charge in [-0.25, -0.2) is 4.98 Å². The van der Waals surface area contributed by atoms with Crippen molar-refractivity contribution in [2.24, 2.45) is 0 Å². The maximum atomic E-state index is 8.36. The fourth-order valence-electron chi connectivity index (χ4n) is 0.963. The summed E-state index contributed by atoms with van der Waals surface area (Å²) in [7, 11) is 0. The van der Waals surface area contributed by atoms with Gasteiger partial charge in [-0.3, -0.25) is 0 Å². The Kier molecular flexibility index (Phi) is 7.12. The molecule has 1 rings (SSSR count). The summed E-state index contributed by atoms with van der Waals surface area (Å²) in [6.45, 7) is 3.34. The maximum Gasteiger partial charge on any atom is 0.291 e. The Morgan fingerprint density at radius 2 is 2.21 bits per heavy atom. The minimum Gasteiger partial charge on any atom is -0.337 e. The normalized spacial score (nSPS) is 8.93. The molecule has 0 fully saturated rings. The van der Waals surface area contributed by atoms with E-state index in [9.17, 15) is 0 Å². The van der Waals surface area contributed by atoms with Crippen molar-refractivity contribution in [1.29, 1.82) is 0 Å². The molecule has 0 aromatic carbocycles. The molecule has 0 atom stereocenters. The molecule has 1 N–H and O–H groups in total. The van der Waals surface area contributed by atoms with Crippen molar-refractivity contribution in [2.75, 3.05) is 0 Å². The Morgan fingerprint density at radius 1 is 1.57 bits per heavy atom. The lowest BCUT2D eigenvalue weighted by Gasteiger charge is -1.98. The first-order valence-corrected chi connectivity index (χ1v) is 4.45. The molecule has 1 heterocycles. The monoisotopic (exact) mass is 201 g/mol. The highest BCUT2D eigenvalue weighted by Crippen LogP contribution is 1.97. The van der Waals surface area contributed by atoms with Gasteiger partial charge in [-0.1, -0.05) is 19.8 Å². The number of hydrogen-bond donors (Lipinski definition) is 1. The topological polar surface area (TPSA) is 81.2 Å². The second-order valence-corrected chi connectivity index (χ2v) is 2.75. The van der Waals surface area contributed by atoms with E-state index in [2.05, 4.69) is 16.5 Å². The zero-order valence-electron chi connectivity index (χ0n) is 8.17. The molecule has 1 aromatic heterocycles. The van der Waals surface area contributed by atoms with Gasteiger partial charge in [-0.05, 0) is 6.42 Å². The number of rotatable bonds is 4. The summed E-state index contributed by atoms with van der Waals surface area (Å²) in [5, 5.41) is 13.6. The van der Waals surface area contributed by atoms with Crippen LogP contribution in [0.2, 0.25) is 0 Å². The van der Waals surface area contributed by atoms with Crippen molar-refractivity contribution in [1.82, 2.24) is 9.55 Å². The van der Waals surface area contributed by atoms with E-state index < -0.39 is 5.09 Å². The van der Waals surface area contributed by atoms with Crippen molar-refractivity contribution in [3.63, 3.8) is 0 Å². The molecule has 14 heavy (non-hydrogen) atoms. The van der Waals surface area contributed by atoms with E-state index in [1.54, 1.807) is 0 Å². The lowest BCUT2D eigenvalue weighted by Crippen LogP contribution is -1.92. The van der Waals surface area contributed by atoms with Crippen molar-refractivity contribution < 1.29 is 10.3 Å². The van der Waals surface area contributed by atoms with E-state index in [0.717, 1.165) is 6.54 Å². The molecule has 0 aliphatic heterocycles. The van der Waals surface area contributed by atoms with Crippen molar-refractivity contribution >= 4 is 0 Å². The molecule has 1 aromatic rings. The van der Waals surface area contributed by atoms with Gasteiger partial charge in [0.2, 0.25) is 0 Å². The summed E-state index contributed by atoms with van der Waals surface area (Å²) in [5.74, 6) is 0. The van der Waals surface area contributed by atoms with Gasteiger partial charge in [-0.15, -0.1) is 10.1 Å². The van der Waals surface area contributed by atoms with Crippen LogP contribution in [-0.2, 0) is 6.54 Å². The van der Waals surface area contributed by atoms with Crippen LogP contribution in [-0.4, -0.2) is 19.8 Å². The van der Waals surface area contributed by atoms with Crippen LogP contribution in [0.3, 0.4) is 0 Å². The van der Waals surface area contributed by atoms with Crippen LogP contribution in [0, 0.1) is 10.1 Å². The number of aromatic nitrogens is 2. The van der Waals surface area contributed by atoms with Crippen molar-refractivity contribution in [3.05, 3.63) is 28.8 Å². The molecule has 80 valence electrons. The predicted molar refractivity (Wildman–Crippen MR) is 50.5 cm³/mol. The van der Waals surface area contributed by atoms with Crippen LogP contribution in [0.1, 0.15) is 26.2 Å². The second-order valence-electron chi connectivity index (χ2n) is 2.75. The second kappa shape index (κ2) is 8.03. The van der Waals surface area contributed by atoms with Gasteiger partial charge >= 0.3 is 0 Å². The van der Waals surface area contributed by atoms with Crippen molar-refractivity contribution in [2.45, 2.75) is 32.7 Å². The molecule has 0 radical (unpaired) electrons.